The number of benzene rings is 1. The van der Waals surface area contributed by atoms with Crippen molar-refractivity contribution in [1.82, 2.24) is 0 Å². The molecule has 74 valence electrons. The minimum absolute atomic E-state index is 0.0729. The summed E-state index contributed by atoms with van der Waals surface area (Å²) >= 11 is 3.23. The minimum Gasteiger partial charge on any atom is -0.293 e. The normalized spacial score (nSPS) is 17.9. The Morgan fingerprint density at radius 1 is 1.50 bits per heavy atom. The average molecular weight is 257 g/mol. The maximum atomic E-state index is 13.3. The fourth-order valence-electron chi connectivity index (χ4n) is 1.41. The molecule has 1 aliphatic rings. The van der Waals surface area contributed by atoms with E-state index in [1.165, 1.54) is 6.07 Å². The first-order chi connectivity index (χ1) is 6.53. The third kappa shape index (κ3) is 1.61. The van der Waals surface area contributed by atoms with Crippen molar-refractivity contribution in [2.24, 2.45) is 5.41 Å². The standard InChI is InChI=1S/C11H10BrFO/c1-11(4-5-11)10(14)8-6-7(12)2-3-9(8)13/h2-3,6H,4-5H2,1H3. The van der Waals surface area contributed by atoms with Crippen LogP contribution < -0.4 is 0 Å². The summed E-state index contributed by atoms with van der Waals surface area (Å²) in [7, 11) is 0. The molecule has 3 heteroatoms. The van der Waals surface area contributed by atoms with Crippen LogP contribution in [0.1, 0.15) is 30.1 Å². The van der Waals surface area contributed by atoms with Gasteiger partial charge in [-0.25, -0.2) is 4.39 Å². The number of carbonyl (C=O) groups is 1. The van der Waals surface area contributed by atoms with Crippen LogP contribution in [0.5, 0.6) is 0 Å². The number of ketones is 1. The molecule has 1 aliphatic carbocycles. The van der Waals surface area contributed by atoms with Gasteiger partial charge in [0, 0.05) is 9.89 Å². The first kappa shape index (κ1) is 9.84. The van der Waals surface area contributed by atoms with E-state index in [2.05, 4.69) is 15.9 Å². The lowest BCUT2D eigenvalue weighted by Gasteiger charge is -2.08. The predicted octanol–water partition coefficient (Wildman–Crippen LogP) is 3.57. The van der Waals surface area contributed by atoms with Crippen molar-refractivity contribution in [2.45, 2.75) is 19.8 Å². The number of hydrogen-bond donors (Lipinski definition) is 0. The van der Waals surface area contributed by atoms with Gasteiger partial charge in [0.25, 0.3) is 0 Å². The average Bonchev–Trinajstić information content (AvgIpc) is 2.88. The van der Waals surface area contributed by atoms with Crippen LogP contribution in [0.4, 0.5) is 4.39 Å². The molecule has 14 heavy (non-hydrogen) atoms. The van der Waals surface area contributed by atoms with Crippen LogP contribution in [-0.4, -0.2) is 5.78 Å². The van der Waals surface area contributed by atoms with E-state index in [4.69, 9.17) is 0 Å². The third-order valence-electron chi connectivity index (χ3n) is 2.72. The van der Waals surface area contributed by atoms with Crippen molar-refractivity contribution < 1.29 is 9.18 Å². The highest BCUT2D eigenvalue weighted by atomic mass is 79.9. The lowest BCUT2D eigenvalue weighted by Crippen LogP contribution is -2.13. The maximum absolute atomic E-state index is 13.3. The molecule has 1 aromatic carbocycles. The monoisotopic (exact) mass is 256 g/mol. The zero-order chi connectivity index (χ0) is 10.3. The third-order valence-corrected chi connectivity index (χ3v) is 3.21. The van der Waals surface area contributed by atoms with Crippen molar-refractivity contribution in [3.05, 3.63) is 34.1 Å². The molecule has 1 nitrogen and oxygen atoms in total. The molecule has 1 saturated carbocycles. The molecular weight excluding hydrogens is 247 g/mol. The largest absolute Gasteiger partial charge is 0.293 e. The Kier molecular flexibility index (Phi) is 2.22. The summed E-state index contributed by atoms with van der Waals surface area (Å²) in [5, 5.41) is 0. The quantitative estimate of drug-likeness (QED) is 0.740. The van der Waals surface area contributed by atoms with Crippen molar-refractivity contribution in [3.8, 4) is 0 Å². The lowest BCUT2D eigenvalue weighted by molar-refractivity contribution is 0.0908. The molecule has 2 rings (SSSR count). The van der Waals surface area contributed by atoms with Gasteiger partial charge in [-0.05, 0) is 31.0 Å². The molecule has 0 amide bonds. The predicted molar refractivity (Wildman–Crippen MR) is 55.8 cm³/mol. The van der Waals surface area contributed by atoms with Crippen molar-refractivity contribution in [2.75, 3.05) is 0 Å². The summed E-state index contributed by atoms with van der Waals surface area (Å²) < 4.78 is 14.1. The molecule has 1 aromatic rings. The first-order valence-electron chi connectivity index (χ1n) is 4.53. The van der Waals surface area contributed by atoms with Crippen LogP contribution in [0.3, 0.4) is 0 Å². The van der Waals surface area contributed by atoms with E-state index >= 15 is 0 Å². The van der Waals surface area contributed by atoms with Gasteiger partial charge in [0.05, 0.1) is 5.56 Å². The van der Waals surface area contributed by atoms with Gasteiger partial charge in [0.1, 0.15) is 5.82 Å². The van der Waals surface area contributed by atoms with E-state index < -0.39 is 5.82 Å². The fourth-order valence-corrected chi connectivity index (χ4v) is 1.77. The zero-order valence-corrected chi connectivity index (χ0v) is 9.40. The molecule has 0 saturated heterocycles. The molecule has 0 N–H and O–H groups in total. The van der Waals surface area contributed by atoms with Crippen molar-refractivity contribution in [3.63, 3.8) is 0 Å². The highest BCUT2D eigenvalue weighted by molar-refractivity contribution is 9.10. The Bertz CT molecular complexity index is 396. The number of hydrogen-bond acceptors (Lipinski definition) is 1. The number of carbonyl (C=O) groups excluding carboxylic acids is 1. The SMILES string of the molecule is CC1(C(=O)c2cc(Br)ccc2F)CC1. The summed E-state index contributed by atoms with van der Waals surface area (Å²) in [6, 6.07) is 4.48. The molecule has 0 bridgehead atoms. The van der Waals surface area contributed by atoms with Crippen LogP contribution in [-0.2, 0) is 0 Å². The van der Waals surface area contributed by atoms with Crippen LogP contribution in [0.15, 0.2) is 22.7 Å². The van der Waals surface area contributed by atoms with Gasteiger partial charge in [-0.1, -0.05) is 22.9 Å². The summed E-state index contributed by atoms with van der Waals surface area (Å²) in [4.78, 5) is 11.8. The summed E-state index contributed by atoms with van der Waals surface area (Å²) in [5.74, 6) is -0.498. The summed E-state index contributed by atoms with van der Waals surface area (Å²) in [6.45, 7) is 1.88. The highest BCUT2D eigenvalue weighted by Gasteiger charge is 2.45. The Morgan fingerprint density at radius 2 is 2.14 bits per heavy atom. The number of Topliss-reactive ketones (excluding diaryl/α,β-unsaturated/α-hetero) is 1. The fraction of sp³-hybridized carbons (Fsp3) is 0.364. The molecule has 0 spiro atoms. The van der Waals surface area contributed by atoms with Gasteiger partial charge >= 0.3 is 0 Å². The van der Waals surface area contributed by atoms with E-state index in [9.17, 15) is 9.18 Å². The van der Waals surface area contributed by atoms with Crippen molar-refractivity contribution in [1.29, 1.82) is 0 Å². The van der Waals surface area contributed by atoms with Gasteiger partial charge in [-0.15, -0.1) is 0 Å². The van der Waals surface area contributed by atoms with Crippen LogP contribution in [0.2, 0.25) is 0 Å². The topological polar surface area (TPSA) is 17.1 Å². The second-order valence-corrected chi connectivity index (χ2v) is 4.93. The van der Waals surface area contributed by atoms with E-state index in [1.54, 1.807) is 12.1 Å². The summed E-state index contributed by atoms with van der Waals surface area (Å²) in [6.07, 6.45) is 1.75. The van der Waals surface area contributed by atoms with E-state index in [0.717, 1.165) is 17.3 Å². The van der Waals surface area contributed by atoms with Gasteiger partial charge < -0.3 is 0 Å². The zero-order valence-electron chi connectivity index (χ0n) is 7.81. The van der Waals surface area contributed by atoms with Crippen LogP contribution >= 0.6 is 15.9 Å². The Balaban J connectivity index is 2.40. The molecule has 0 aromatic heterocycles. The molecule has 1 fully saturated rings. The molecule has 0 atom stereocenters. The van der Waals surface area contributed by atoms with Crippen molar-refractivity contribution >= 4 is 21.7 Å². The van der Waals surface area contributed by atoms with E-state index in [0.29, 0.717) is 0 Å². The molecule has 0 unspecified atom stereocenters. The summed E-state index contributed by atoms with van der Waals surface area (Å²) in [5.41, 5.74) is -0.0962. The lowest BCUT2D eigenvalue weighted by atomic mass is 9.96. The van der Waals surface area contributed by atoms with Crippen LogP contribution in [0.25, 0.3) is 0 Å². The number of halogens is 2. The highest BCUT2D eigenvalue weighted by Crippen LogP contribution is 2.47. The Labute approximate surface area is 90.4 Å². The van der Waals surface area contributed by atoms with Gasteiger partial charge in [-0.3, -0.25) is 4.79 Å². The molecule has 0 aliphatic heterocycles. The van der Waals surface area contributed by atoms with Gasteiger partial charge in [0.2, 0.25) is 0 Å². The smallest absolute Gasteiger partial charge is 0.171 e. The minimum atomic E-state index is -0.425. The maximum Gasteiger partial charge on any atom is 0.171 e. The van der Waals surface area contributed by atoms with Gasteiger partial charge in [0.15, 0.2) is 5.78 Å². The van der Waals surface area contributed by atoms with E-state index in [1.807, 2.05) is 6.92 Å². The molecule has 0 radical (unpaired) electrons. The Hall–Kier alpha value is -0.700. The molecule has 0 heterocycles. The number of rotatable bonds is 2. The van der Waals surface area contributed by atoms with Crippen LogP contribution in [0, 0.1) is 11.2 Å². The van der Waals surface area contributed by atoms with E-state index in [-0.39, 0.29) is 16.8 Å². The Morgan fingerprint density at radius 3 is 2.71 bits per heavy atom. The molecular formula is C11H10BrFO. The second kappa shape index (κ2) is 3.16. The first-order valence-corrected chi connectivity index (χ1v) is 5.32. The second-order valence-electron chi connectivity index (χ2n) is 4.01. The van der Waals surface area contributed by atoms with Gasteiger partial charge in [-0.2, -0.15) is 0 Å².